The van der Waals surface area contributed by atoms with Crippen LogP contribution < -0.4 is 10.6 Å². The Kier molecular flexibility index (Phi) is 4.11. The smallest absolute Gasteiger partial charge is 0.229 e. The molecule has 0 atom stereocenters. The molecule has 0 amide bonds. The molecule has 19 heavy (non-hydrogen) atoms. The van der Waals surface area contributed by atoms with Crippen LogP contribution in [0, 0.1) is 11.3 Å². The lowest BCUT2D eigenvalue weighted by Gasteiger charge is -2.06. The van der Waals surface area contributed by atoms with Gasteiger partial charge in [0.25, 0.3) is 0 Å². The number of benzene rings is 1. The molecule has 2 rings (SSSR count). The molecule has 6 nitrogen and oxygen atoms in total. The standard InChI is InChI=1S/C12H11ClN6/c1-15-11-17-10(13)18-12(19-11)16-7-9-4-2-3-8(5-9)6-14/h2-5H,7H2,1H3,(H2,15,16,17,18,19). The molecule has 1 heterocycles. The number of nitriles is 1. The summed E-state index contributed by atoms with van der Waals surface area (Å²) in [5, 5.41) is 14.8. The van der Waals surface area contributed by atoms with Crippen LogP contribution in [0.25, 0.3) is 0 Å². The van der Waals surface area contributed by atoms with E-state index in [1.807, 2.05) is 12.1 Å². The van der Waals surface area contributed by atoms with Gasteiger partial charge in [0.1, 0.15) is 0 Å². The van der Waals surface area contributed by atoms with Crippen molar-refractivity contribution >= 4 is 23.5 Å². The van der Waals surface area contributed by atoms with E-state index in [2.05, 4.69) is 31.7 Å². The SMILES string of the molecule is CNc1nc(Cl)nc(NCc2cccc(C#N)c2)n1. The summed E-state index contributed by atoms with van der Waals surface area (Å²) in [5.41, 5.74) is 1.57. The first-order valence-corrected chi connectivity index (χ1v) is 5.91. The maximum absolute atomic E-state index is 8.82. The average molecular weight is 275 g/mol. The van der Waals surface area contributed by atoms with Crippen molar-refractivity contribution in [2.45, 2.75) is 6.54 Å². The molecular formula is C12H11ClN6. The Hall–Kier alpha value is -2.39. The minimum atomic E-state index is 0.118. The van der Waals surface area contributed by atoms with Crippen molar-refractivity contribution in [2.75, 3.05) is 17.7 Å². The molecule has 7 heteroatoms. The van der Waals surface area contributed by atoms with E-state index in [1.165, 1.54) is 0 Å². The number of anilines is 2. The fourth-order valence-corrected chi connectivity index (χ4v) is 1.63. The summed E-state index contributed by atoms with van der Waals surface area (Å²) in [6, 6.07) is 9.39. The fourth-order valence-electron chi connectivity index (χ4n) is 1.47. The van der Waals surface area contributed by atoms with Crippen molar-refractivity contribution < 1.29 is 0 Å². The molecule has 0 saturated heterocycles. The third-order valence-electron chi connectivity index (χ3n) is 2.34. The van der Waals surface area contributed by atoms with E-state index in [-0.39, 0.29) is 5.28 Å². The van der Waals surface area contributed by atoms with Gasteiger partial charge in [0.05, 0.1) is 11.6 Å². The van der Waals surface area contributed by atoms with Crippen molar-refractivity contribution in [3.05, 3.63) is 40.7 Å². The van der Waals surface area contributed by atoms with Gasteiger partial charge in [-0.2, -0.15) is 20.2 Å². The van der Waals surface area contributed by atoms with E-state index in [9.17, 15) is 0 Å². The summed E-state index contributed by atoms with van der Waals surface area (Å²) in [6.07, 6.45) is 0. The van der Waals surface area contributed by atoms with E-state index >= 15 is 0 Å². The van der Waals surface area contributed by atoms with Crippen LogP contribution in [0.1, 0.15) is 11.1 Å². The van der Waals surface area contributed by atoms with Gasteiger partial charge in [0.2, 0.25) is 17.2 Å². The van der Waals surface area contributed by atoms with Gasteiger partial charge in [-0.05, 0) is 29.3 Å². The first-order valence-electron chi connectivity index (χ1n) is 5.53. The molecule has 2 N–H and O–H groups in total. The summed E-state index contributed by atoms with van der Waals surface area (Å²) >= 11 is 5.77. The van der Waals surface area contributed by atoms with Crippen LogP contribution in [0.15, 0.2) is 24.3 Å². The summed E-state index contributed by atoms with van der Waals surface area (Å²) < 4.78 is 0. The molecule has 0 unspecified atom stereocenters. The molecule has 0 radical (unpaired) electrons. The number of nitrogens with zero attached hydrogens (tertiary/aromatic N) is 4. The first-order chi connectivity index (χ1) is 9.21. The maximum Gasteiger partial charge on any atom is 0.229 e. The average Bonchev–Trinajstić information content (AvgIpc) is 2.44. The van der Waals surface area contributed by atoms with Crippen LogP contribution in [0.5, 0.6) is 0 Å². The van der Waals surface area contributed by atoms with Crippen LogP contribution in [0.3, 0.4) is 0 Å². The van der Waals surface area contributed by atoms with E-state index in [0.717, 1.165) is 5.56 Å². The topological polar surface area (TPSA) is 86.5 Å². The quantitative estimate of drug-likeness (QED) is 0.887. The highest BCUT2D eigenvalue weighted by Gasteiger charge is 2.03. The number of rotatable bonds is 4. The highest BCUT2D eigenvalue weighted by atomic mass is 35.5. The Morgan fingerprint density at radius 1 is 1.26 bits per heavy atom. The number of halogens is 1. The molecule has 0 bridgehead atoms. The van der Waals surface area contributed by atoms with Crippen molar-refractivity contribution in [2.24, 2.45) is 0 Å². The monoisotopic (exact) mass is 274 g/mol. The Balaban J connectivity index is 2.10. The van der Waals surface area contributed by atoms with Crippen LogP contribution in [0.2, 0.25) is 5.28 Å². The van der Waals surface area contributed by atoms with Gasteiger partial charge in [-0.3, -0.25) is 0 Å². The number of hydrogen-bond donors (Lipinski definition) is 2. The van der Waals surface area contributed by atoms with Crippen molar-refractivity contribution in [3.63, 3.8) is 0 Å². The number of aromatic nitrogens is 3. The predicted molar refractivity (Wildman–Crippen MR) is 72.9 cm³/mol. The molecule has 1 aromatic carbocycles. The van der Waals surface area contributed by atoms with Crippen molar-refractivity contribution in [1.82, 2.24) is 15.0 Å². The van der Waals surface area contributed by atoms with E-state index in [0.29, 0.717) is 24.0 Å². The highest BCUT2D eigenvalue weighted by Crippen LogP contribution is 2.11. The Morgan fingerprint density at radius 2 is 2.05 bits per heavy atom. The minimum absolute atomic E-state index is 0.118. The van der Waals surface area contributed by atoms with E-state index in [1.54, 1.807) is 19.2 Å². The summed E-state index contributed by atoms with van der Waals surface area (Å²) in [4.78, 5) is 12.0. The molecule has 2 aromatic rings. The summed E-state index contributed by atoms with van der Waals surface area (Å²) in [5.74, 6) is 0.778. The van der Waals surface area contributed by atoms with Crippen molar-refractivity contribution in [3.8, 4) is 6.07 Å². The molecule has 0 fully saturated rings. The molecule has 0 spiro atoms. The molecule has 0 aliphatic heterocycles. The summed E-state index contributed by atoms with van der Waals surface area (Å²) in [6.45, 7) is 0.499. The van der Waals surface area contributed by atoms with Crippen LogP contribution in [-0.2, 0) is 6.54 Å². The lowest BCUT2D eigenvalue weighted by atomic mass is 10.1. The molecular weight excluding hydrogens is 264 g/mol. The Morgan fingerprint density at radius 3 is 2.79 bits per heavy atom. The number of nitrogens with one attached hydrogen (secondary N) is 2. The largest absolute Gasteiger partial charge is 0.357 e. The first kappa shape index (κ1) is 13.1. The zero-order valence-corrected chi connectivity index (χ0v) is 10.9. The Labute approximate surface area is 115 Å². The second-order valence-corrected chi connectivity index (χ2v) is 4.01. The lowest BCUT2D eigenvalue weighted by Crippen LogP contribution is -2.07. The number of hydrogen-bond acceptors (Lipinski definition) is 6. The van der Waals surface area contributed by atoms with Gasteiger partial charge in [0.15, 0.2) is 0 Å². The highest BCUT2D eigenvalue weighted by molar-refractivity contribution is 6.28. The zero-order chi connectivity index (χ0) is 13.7. The maximum atomic E-state index is 8.82. The molecule has 1 aromatic heterocycles. The molecule has 0 aliphatic carbocycles. The Bertz CT molecular complexity index is 622. The lowest BCUT2D eigenvalue weighted by molar-refractivity contribution is 1.00. The van der Waals surface area contributed by atoms with Gasteiger partial charge >= 0.3 is 0 Å². The molecule has 0 saturated carbocycles. The van der Waals surface area contributed by atoms with Crippen LogP contribution >= 0.6 is 11.6 Å². The van der Waals surface area contributed by atoms with E-state index < -0.39 is 0 Å². The third-order valence-corrected chi connectivity index (χ3v) is 2.51. The molecule has 0 aliphatic rings. The van der Waals surface area contributed by atoms with Gasteiger partial charge in [-0.25, -0.2) is 0 Å². The minimum Gasteiger partial charge on any atom is -0.357 e. The zero-order valence-electron chi connectivity index (χ0n) is 10.2. The van der Waals surface area contributed by atoms with Crippen LogP contribution in [-0.4, -0.2) is 22.0 Å². The second-order valence-electron chi connectivity index (χ2n) is 3.67. The second kappa shape index (κ2) is 5.98. The third kappa shape index (κ3) is 3.53. The molecule has 96 valence electrons. The van der Waals surface area contributed by atoms with Gasteiger partial charge < -0.3 is 10.6 Å². The van der Waals surface area contributed by atoms with E-state index in [4.69, 9.17) is 16.9 Å². The fraction of sp³-hybridized carbons (Fsp3) is 0.167. The van der Waals surface area contributed by atoms with Gasteiger partial charge in [0, 0.05) is 13.6 Å². The predicted octanol–water partition coefficient (Wildman–Crippen LogP) is 2.05. The van der Waals surface area contributed by atoms with Gasteiger partial charge in [-0.1, -0.05) is 12.1 Å². The van der Waals surface area contributed by atoms with Crippen molar-refractivity contribution in [1.29, 1.82) is 5.26 Å². The van der Waals surface area contributed by atoms with Crippen LogP contribution in [0.4, 0.5) is 11.9 Å². The summed E-state index contributed by atoms with van der Waals surface area (Å²) in [7, 11) is 1.70. The normalized spacial score (nSPS) is 9.74. The van der Waals surface area contributed by atoms with Gasteiger partial charge in [-0.15, -0.1) is 0 Å².